The molecular weight excluding hydrogens is 305 g/mol. The van der Waals surface area contributed by atoms with Crippen LogP contribution in [0.5, 0.6) is 0 Å². The summed E-state index contributed by atoms with van der Waals surface area (Å²) in [6, 6.07) is 13.0. The zero-order valence-corrected chi connectivity index (χ0v) is 14.0. The summed E-state index contributed by atoms with van der Waals surface area (Å²) in [6.07, 6.45) is -0.280. The molecule has 4 heteroatoms. The van der Waals surface area contributed by atoms with Crippen LogP contribution in [0.25, 0.3) is 0 Å². The van der Waals surface area contributed by atoms with Crippen molar-refractivity contribution >= 4 is 5.69 Å². The Hall–Kier alpha value is -1.91. The van der Waals surface area contributed by atoms with Gasteiger partial charge >= 0.3 is 0 Å². The van der Waals surface area contributed by atoms with E-state index in [1.165, 1.54) is 11.6 Å². The largest absolute Gasteiger partial charge is 0.375 e. The highest BCUT2D eigenvalue weighted by Crippen LogP contribution is 2.44. The molecule has 0 amide bonds. The van der Waals surface area contributed by atoms with E-state index in [9.17, 15) is 4.39 Å². The molecule has 3 nitrogen and oxygen atoms in total. The minimum atomic E-state index is -0.233. The molecule has 0 aliphatic carbocycles. The van der Waals surface area contributed by atoms with E-state index >= 15 is 0 Å². The normalized spacial score (nSPS) is 25.8. The molecule has 4 rings (SSSR count). The molecule has 3 atom stereocenters. The van der Waals surface area contributed by atoms with Gasteiger partial charge in [0.25, 0.3) is 0 Å². The van der Waals surface area contributed by atoms with Gasteiger partial charge in [-0.2, -0.15) is 0 Å². The number of ether oxygens (including phenoxy) is 2. The van der Waals surface area contributed by atoms with Crippen molar-refractivity contribution in [2.24, 2.45) is 0 Å². The smallest absolute Gasteiger partial charge is 0.123 e. The molecule has 2 aliphatic rings. The van der Waals surface area contributed by atoms with Crippen molar-refractivity contribution < 1.29 is 13.9 Å². The molecule has 2 heterocycles. The molecule has 126 valence electrons. The van der Waals surface area contributed by atoms with Crippen molar-refractivity contribution in [3.8, 4) is 0 Å². The quantitative estimate of drug-likeness (QED) is 0.876. The van der Waals surface area contributed by atoms with Crippen molar-refractivity contribution in [2.45, 2.75) is 38.0 Å². The lowest BCUT2D eigenvalue weighted by atomic mass is 9.86. The van der Waals surface area contributed by atoms with Gasteiger partial charge < -0.3 is 14.8 Å². The van der Waals surface area contributed by atoms with Crippen LogP contribution in [-0.4, -0.2) is 19.3 Å². The fraction of sp³-hybridized carbons (Fsp3) is 0.400. The minimum absolute atomic E-state index is 0.122. The monoisotopic (exact) mass is 327 g/mol. The van der Waals surface area contributed by atoms with Gasteiger partial charge in [-0.1, -0.05) is 38.1 Å². The highest BCUT2D eigenvalue weighted by atomic mass is 19.1. The third-order valence-electron chi connectivity index (χ3n) is 4.89. The highest BCUT2D eigenvalue weighted by Gasteiger charge is 2.41. The van der Waals surface area contributed by atoms with Crippen LogP contribution in [0.3, 0.4) is 0 Å². The Balaban J connectivity index is 1.77. The number of hydrogen-bond donors (Lipinski definition) is 1. The average molecular weight is 327 g/mol. The summed E-state index contributed by atoms with van der Waals surface area (Å²) in [7, 11) is 0. The van der Waals surface area contributed by atoms with Gasteiger partial charge in [0.05, 0.1) is 19.3 Å². The van der Waals surface area contributed by atoms with E-state index < -0.39 is 0 Å². The van der Waals surface area contributed by atoms with Crippen LogP contribution in [0, 0.1) is 5.82 Å². The summed E-state index contributed by atoms with van der Waals surface area (Å²) in [4.78, 5) is 0. The second-order valence-corrected chi connectivity index (χ2v) is 6.81. The number of hydrogen-bond acceptors (Lipinski definition) is 3. The molecule has 1 fully saturated rings. The van der Waals surface area contributed by atoms with E-state index in [-0.39, 0.29) is 24.1 Å². The summed E-state index contributed by atoms with van der Waals surface area (Å²) in [5.41, 5.74) is 4.35. The number of halogens is 1. The van der Waals surface area contributed by atoms with Gasteiger partial charge in [0.15, 0.2) is 0 Å². The van der Waals surface area contributed by atoms with E-state index in [0.29, 0.717) is 19.1 Å². The van der Waals surface area contributed by atoms with Gasteiger partial charge in [0, 0.05) is 11.3 Å². The Morgan fingerprint density at radius 3 is 2.71 bits per heavy atom. The molecule has 1 saturated heterocycles. The van der Waals surface area contributed by atoms with Gasteiger partial charge in [0.1, 0.15) is 18.0 Å². The maximum absolute atomic E-state index is 13.7. The van der Waals surface area contributed by atoms with E-state index in [2.05, 4.69) is 37.4 Å². The van der Waals surface area contributed by atoms with Crippen molar-refractivity contribution in [3.05, 3.63) is 65.0 Å². The predicted molar refractivity (Wildman–Crippen MR) is 91.7 cm³/mol. The topological polar surface area (TPSA) is 30.5 Å². The molecule has 0 saturated carbocycles. The van der Waals surface area contributed by atoms with Crippen LogP contribution >= 0.6 is 0 Å². The Morgan fingerprint density at radius 2 is 1.92 bits per heavy atom. The Kier molecular flexibility index (Phi) is 4.02. The van der Waals surface area contributed by atoms with Crippen molar-refractivity contribution in [3.63, 3.8) is 0 Å². The lowest BCUT2D eigenvalue weighted by Gasteiger charge is -2.43. The summed E-state index contributed by atoms with van der Waals surface area (Å²) in [5.74, 6) is 0.225. The zero-order chi connectivity index (χ0) is 16.7. The van der Waals surface area contributed by atoms with Gasteiger partial charge in [-0.25, -0.2) is 4.39 Å². The van der Waals surface area contributed by atoms with E-state index in [0.717, 1.165) is 16.8 Å². The number of nitrogens with one attached hydrogen (secondary N) is 1. The van der Waals surface area contributed by atoms with Crippen LogP contribution in [0.4, 0.5) is 10.1 Å². The Bertz CT molecular complexity index is 746. The summed E-state index contributed by atoms with van der Waals surface area (Å²) < 4.78 is 25.8. The Labute approximate surface area is 141 Å². The zero-order valence-electron chi connectivity index (χ0n) is 14.0. The fourth-order valence-electron chi connectivity index (χ4n) is 3.61. The first-order chi connectivity index (χ1) is 11.6. The summed E-state index contributed by atoms with van der Waals surface area (Å²) in [5, 5.41) is 3.53. The number of benzene rings is 2. The van der Waals surface area contributed by atoms with Crippen LogP contribution in [0.2, 0.25) is 0 Å². The van der Waals surface area contributed by atoms with Gasteiger partial charge in [-0.3, -0.25) is 0 Å². The number of rotatable bonds is 2. The first-order valence-electron chi connectivity index (χ1n) is 8.52. The second-order valence-electron chi connectivity index (χ2n) is 6.81. The van der Waals surface area contributed by atoms with Crippen LogP contribution in [0.1, 0.15) is 48.6 Å². The van der Waals surface area contributed by atoms with E-state index in [1.807, 2.05) is 6.07 Å². The standard InChI is InChI=1S/C20H22FNO2/c1-12(2)13-6-7-17-16(11-13)19-20(24-9-8-23-19)18(22-17)14-4-3-5-15(21)10-14/h3-7,10-12,18-20,22H,8-9H2,1-2H3/t18-,19+,20?/m1/s1. The minimum Gasteiger partial charge on any atom is -0.375 e. The third-order valence-corrected chi connectivity index (χ3v) is 4.89. The highest BCUT2D eigenvalue weighted by molar-refractivity contribution is 5.59. The second kappa shape index (κ2) is 6.19. The first kappa shape index (κ1) is 15.6. The van der Waals surface area contributed by atoms with E-state index in [1.54, 1.807) is 12.1 Å². The average Bonchev–Trinajstić information content (AvgIpc) is 2.60. The van der Waals surface area contributed by atoms with Crippen molar-refractivity contribution in [1.82, 2.24) is 0 Å². The fourth-order valence-corrected chi connectivity index (χ4v) is 3.61. The first-order valence-corrected chi connectivity index (χ1v) is 8.52. The lowest BCUT2D eigenvalue weighted by Crippen LogP contribution is -2.43. The Morgan fingerprint density at radius 1 is 1.08 bits per heavy atom. The predicted octanol–water partition coefficient (Wildman–Crippen LogP) is 4.57. The number of anilines is 1. The van der Waals surface area contributed by atoms with Crippen LogP contribution in [-0.2, 0) is 9.47 Å². The molecule has 0 bridgehead atoms. The van der Waals surface area contributed by atoms with Gasteiger partial charge in [-0.15, -0.1) is 0 Å². The maximum Gasteiger partial charge on any atom is 0.123 e. The summed E-state index contributed by atoms with van der Waals surface area (Å²) in [6.45, 7) is 5.52. The molecular formula is C20H22FNO2. The SMILES string of the molecule is CC(C)c1ccc2c(c1)[C@@H]1OCCOC1[C@@H](c1cccc(F)c1)N2. The third kappa shape index (κ3) is 2.70. The molecule has 2 aromatic carbocycles. The number of fused-ring (bicyclic) bond motifs is 3. The molecule has 0 radical (unpaired) electrons. The molecule has 1 N–H and O–H groups in total. The van der Waals surface area contributed by atoms with Gasteiger partial charge in [-0.05, 0) is 35.2 Å². The summed E-state index contributed by atoms with van der Waals surface area (Å²) >= 11 is 0. The molecule has 2 aromatic rings. The van der Waals surface area contributed by atoms with E-state index in [4.69, 9.17) is 9.47 Å². The van der Waals surface area contributed by atoms with Crippen LogP contribution < -0.4 is 5.32 Å². The maximum atomic E-state index is 13.7. The molecule has 0 spiro atoms. The molecule has 1 unspecified atom stereocenters. The molecule has 0 aromatic heterocycles. The van der Waals surface area contributed by atoms with Crippen molar-refractivity contribution in [2.75, 3.05) is 18.5 Å². The van der Waals surface area contributed by atoms with Crippen LogP contribution in [0.15, 0.2) is 42.5 Å². The lowest BCUT2D eigenvalue weighted by molar-refractivity contribution is -0.151. The molecule has 2 aliphatic heterocycles. The molecule has 24 heavy (non-hydrogen) atoms. The van der Waals surface area contributed by atoms with Crippen molar-refractivity contribution in [1.29, 1.82) is 0 Å². The van der Waals surface area contributed by atoms with Gasteiger partial charge in [0.2, 0.25) is 0 Å².